The maximum atomic E-state index is 13.2. The van der Waals surface area contributed by atoms with E-state index in [9.17, 15) is 4.79 Å². The van der Waals surface area contributed by atoms with Gasteiger partial charge in [-0.2, -0.15) is 0 Å². The van der Waals surface area contributed by atoms with E-state index in [1.165, 1.54) is 17.3 Å². The highest BCUT2D eigenvalue weighted by Gasteiger charge is 2.23. The van der Waals surface area contributed by atoms with Crippen LogP contribution in [0.15, 0.2) is 73.6 Å². The molecule has 160 valence electrons. The van der Waals surface area contributed by atoms with Crippen molar-refractivity contribution in [2.24, 2.45) is 5.92 Å². The van der Waals surface area contributed by atoms with Crippen LogP contribution in [-0.2, 0) is 6.42 Å². The van der Waals surface area contributed by atoms with Crippen molar-refractivity contribution in [3.63, 3.8) is 0 Å². The highest BCUT2D eigenvalue weighted by molar-refractivity contribution is 5.95. The Bertz CT molecular complexity index is 1220. The van der Waals surface area contributed by atoms with Crippen molar-refractivity contribution in [2.75, 3.05) is 13.1 Å². The number of benzene rings is 1. The predicted molar refractivity (Wildman–Crippen MR) is 124 cm³/mol. The molecule has 5 rings (SSSR count). The first-order valence-electron chi connectivity index (χ1n) is 11.1. The van der Waals surface area contributed by atoms with E-state index in [1.54, 1.807) is 24.7 Å². The molecule has 4 heterocycles. The molecule has 1 amide bonds. The van der Waals surface area contributed by atoms with Gasteiger partial charge in [0.25, 0.3) is 5.91 Å². The third-order valence-electron chi connectivity index (χ3n) is 6.22. The number of carbonyl (C=O) groups excluding carboxylic acids is 1. The van der Waals surface area contributed by atoms with Gasteiger partial charge in [-0.15, -0.1) is 0 Å². The Balaban J connectivity index is 1.28. The molecule has 1 fully saturated rings. The third-order valence-corrected chi connectivity index (χ3v) is 6.22. The summed E-state index contributed by atoms with van der Waals surface area (Å²) >= 11 is 0. The van der Waals surface area contributed by atoms with Crippen LogP contribution in [0.4, 0.5) is 0 Å². The zero-order valence-electron chi connectivity index (χ0n) is 17.9. The summed E-state index contributed by atoms with van der Waals surface area (Å²) in [5, 5.41) is 1.19. The molecule has 0 unspecified atom stereocenters. The number of para-hydroxylation sites is 1. The second-order valence-electron chi connectivity index (χ2n) is 8.34. The van der Waals surface area contributed by atoms with E-state index in [0.29, 0.717) is 17.2 Å². The zero-order chi connectivity index (χ0) is 21.8. The van der Waals surface area contributed by atoms with Crippen LogP contribution in [-0.4, -0.2) is 43.8 Å². The smallest absolute Gasteiger partial charge is 0.253 e. The van der Waals surface area contributed by atoms with Crippen molar-refractivity contribution >= 4 is 16.8 Å². The van der Waals surface area contributed by atoms with Gasteiger partial charge in [-0.25, -0.2) is 9.97 Å². The first-order valence-corrected chi connectivity index (χ1v) is 11.1. The molecule has 6 heteroatoms. The summed E-state index contributed by atoms with van der Waals surface area (Å²) in [6.45, 7) is 1.56. The Morgan fingerprint density at radius 2 is 1.84 bits per heavy atom. The fourth-order valence-corrected chi connectivity index (χ4v) is 4.55. The van der Waals surface area contributed by atoms with Gasteiger partial charge in [-0.3, -0.25) is 14.8 Å². The Morgan fingerprint density at radius 1 is 0.969 bits per heavy atom. The molecule has 1 aliphatic rings. The van der Waals surface area contributed by atoms with E-state index in [1.807, 2.05) is 23.2 Å². The van der Waals surface area contributed by atoms with Gasteiger partial charge in [0.1, 0.15) is 6.33 Å². The minimum atomic E-state index is 0.0676. The average Bonchev–Trinajstić information content (AvgIpc) is 3.10. The number of hydrogen-bond donors (Lipinski definition) is 0. The molecule has 0 N–H and O–H groups in total. The first-order chi connectivity index (χ1) is 15.8. The summed E-state index contributed by atoms with van der Waals surface area (Å²) in [4.78, 5) is 32.3. The number of rotatable bonds is 4. The van der Waals surface area contributed by atoms with Crippen molar-refractivity contribution in [1.82, 2.24) is 24.8 Å². The maximum absolute atomic E-state index is 13.2. The van der Waals surface area contributed by atoms with Crippen molar-refractivity contribution in [3.05, 3.63) is 84.7 Å². The summed E-state index contributed by atoms with van der Waals surface area (Å²) in [6, 6.07) is 14.1. The second-order valence-corrected chi connectivity index (χ2v) is 8.34. The van der Waals surface area contributed by atoms with E-state index < -0.39 is 0 Å². The third kappa shape index (κ3) is 4.35. The molecule has 1 aromatic carbocycles. The molecular formula is C26H25N5O. The lowest BCUT2D eigenvalue weighted by atomic mass is 9.91. The van der Waals surface area contributed by atoms with Crippen LogP contribution in [0.5, 0.6) is 0 Å². The summed E-state index contributed by atoms with van der Waals surface area (Å²) < 4.78 is 0. The van der Waals surface area contributed by atoms with Gasteiger partial charge < -0.3 is 4.90 Å². The molecule has 6 nitrogen and oxygen atoms in total. The minimum absolute atomic E-state index is 0.0676. The van der Waals surface area contributed by atoms with Crippen LogP contribution in [0.3, 0.4) is 0 Å². The van der Waals surface area contributed by atoms with E-state index >= 15 is 0 Å². The number of nitrogens with zero attached hydrogens (tertiary/aromatic N) is 5. The molecule has 4 aromatic rings. The van der Waals surface area contributed by atoms with Gasteiger partial charge in [-0.05, 0) is 55.4 Å². The molecule has 0 aliphatic carbocycles. The Kier molecular flexibility index (Phi) is 5.83. The van der Waals surface area contributed by atoms with Gasteiger partial charge in [0.15, 0.2) is 0 Å². The fourth-order valence-electron chi connectivity index (χ4n) is 4.55. The van der Waals surface area contributed by atoms with Crippen LogP contribution in [0.1, 0.15) is 35.2 Å². The summed E-state index contributed by atoms with van der Waals surface area (Å²) in [5.74, 6) is 0.618. The first kappa shape index (κ1) is 20.2. The highest BCUT2D eigenvalue weighted by Crippen LogP contribution is 2.26. The quantitative estimate of drug-likeness (QED) is 0.481. The standard InChI is InChI=1S/C26H25N5O/c32-26(22-8-11-29-24(15-22)23-16-27-18-28-17-23)31-12-3-4-19(9-13-31)14-21-6-1-5-20-7-2-10-30-25(20)21/h1-2,5-8,10-11,15-19H,3-4,9,12-14H2/t19-/m0/s1. The van der Waals surface area contributed by atoms with Gasteiger partial charge in [0, 0.05) is 54.4 Å². The molecule has 0 saturated carbocycles. The average molecular weight is 424 g/mol. The van der Waals surface area contributed by atoms with Crippen molar-refractivity contribution < 1.29 is 4.79 Å². The van der Waals surface area contributed by atoms with E-state index in [-0.39, 0.29) is 5.91 Å². The van der Waals surface area contributed by atoms with Gasteiger partial charge >= 0.3 is 0 Å². The Hall–Kier alpha value is -3.67. The summed E-state index contributed by atoms with van der Waals surface area (Å²) in [5.41, 5.74) is 4.59. The summed E-state index contributed by atoms with van der Waals surface area (Å²) in [7, 11) is 0. The molecule has 0 spiro atoms. The number of likely N-dealkylation sites (tertiary alicyclic amines) is 1. The van der Waals surface area contributed by atoms with E-state index in [0.717, 1.165) is 49.9 Å². The molecule has 32 heavy (non-hydrogen) atoms. The monoisotopic (exact) mass is 423 g/mol. The SMILES string of the molecule is O=C(c1ccnc(-c2cncnc2)c1)N1CCC[C@H](Cc2cccc3cccnc23)CC1. The number of aromatic nitrogens is 4. The van der Waals surface area contributed by atoms with Crippen molar-refractivity contribution in [1.29, 1.82) is 0 Å². The van der Waals surface area contributed by atoms with Crippen LogP contribution in [0.25, 0.3) is 22.2 Å². The topological polar surface area (TPSA) is 71.9 Å². The maximum Gasteiger partial charge on any atom is 0.253 e. The number of pyridine rings is 2. The lowest BCUT2D eigenvalue weighted by Crippen LogP contribution is -2.32. The summed E-state index contributed by atoms with van der Waals surface area (Å²) in [6.07, 6.45) is 12.6. The number of hydrogen-bond acceptors (Lipinski definition) is 5. The fraction of sp³-hybridized carbons (Fsp3) is 0.269. The zero-order valence-corrected chi connectivity index (χ0v) is 17.9. The lowest BCUT2D eigenvalue weighted by Gasteiger charge is -2.21. The van der Waals surface area contributed by atoms with Gasteiger partial charge in [0.2, 0.25) is 0 Å². The van der Waals surface area contributed by atoms with Crippen molar-refractivity contribution in [3.8, 4) is 11.3 Å². The van der Waals surface area contributed by atoms with E-state index in [4.69, 9.17) is 0 Å². The van der Waals surface area contributed by atoms with Crippen LogP contribution < -0.4 is 0 Å². The van der Waals surface area contributed by atoms with Gasteiger partial charge in [-0.1, -0.05) is 24.3 Å². The molecule has 0 bridgehead atoms. The van der Waals surface area contributed by atoms with Crippen molar-refractivity contribution in [2.45, 2.75) is 25.7 Å². The second kappa shape index (κ2) is 9.22. The molecular weight excluding hydrogens is 398 g/mol. The number of amides is 1. The van der Waals surface area contributed by atoms with Crippen LogP contribution >= 0.6 is 0 Å². The number of carbonyl (C=O) groups is 1. The minimum Gasteiger partial charge on any atom is -0.339 e. The van der Waals surface area contributed by atoms with E-state index in [2.05, 4.69) is 44.2 Å². The highest BCUT2D eigenvalue weighted by atomic mass is 16.2. The Morgan fingerprint density at radius 3 is 2.75 bits per heavy atom. The predicted octanol–water partition coefficient (Wildman–Crippen LogP) is 4.57. The molecule has 1 saturated heterocycles. The lowest BCUT2D eigenvalue weighted by molar-refractivity contribution is 0.0760. The largest absolute Gasteiger partial charge is 0.339 e. The molecule has 0 radical (unpaired) electrons. The molecule has 3 aromatic heterocycles. The molecule has 1 atom stereocenters. The van der Waals surface area contributed by atoms with Gasteiger partial charge in [0.05, 0.1) is 11.2 Å². The Labute approximate surface area is 187 Å². The molecule has 1 aliphatic heterocycles. The van der Waals surface area contributed by atoms with Crippen LogP contribution in [0.2, 0.25) is 0 Å². The number of fused-ring (bicyclic) bond motifs is 1. The normalized spacial score (nSPS) is 16.6. The van der Waals surface area contributed by atoms with Crippen LogP contribution in [0, 0.1) is 5.92 Å².